The Morgan fingerprint density at radius 2 is 1.85 bits per heavy atom. The maximum absolute atomic E-state index is 12.2. The van der Waals surface area contributed by atoms with Gasteiger partial charge in [0.2, 0.25) is 0 Å². The summed E-state index contributed by atoms with van der Waals surface area (Å²) in [4.78, 5) is 1.98. The van der Waals surface area contributed by atoms with Crippen LogP contribution in [0.25, 0.3) is 11.3 Å². The molecular weight excluding hydrogens is 345 g/mol. The number of likely N-dealkylation sites (tertiary alicyclic amines) is 1. The summed E-state index contributed by atoms with van der Waals surface area (Å²) in [6.45, 7) is 1.60. The molecule has 0 aliphatic carbocycles. The Balaban J connectivity index is 1.50. The van der Waals surface area contributed by atoms with E-state index in [1.54, 1.807) is 0 Å². The lowest BCUT2D eigenvalue weighted by Gasteiger charge is -2.37. The second-order valence-electron chi connectivity index (χ2n) is 7.01. The van der Waals surface area contributed by atoms with E-state index in [9.17, 15) is 18.3 Å². The van der Waals surface area contributed by atoms with Gasteiger partial charge in [0.05, 0.1) is 5.60 Å². The Morgan fingerprint density at radius 3 is 2.50 bits per heavy atom. The predicted molar refractivity (Wildman–Crippen MR) is 91.6 cm³/mol. The number of alkyl halides is 3. The highest BCUT2D eigenvalue weighted by molar-refractivity contribution is 5.58. The fraction of sp³-hybridized carbons (Fsp3) is 0.526. The van der Waals surface area contributed by atoms with Crippen LogP contribution >= 0.6 is 0 Å². The zero-order valence-electron chi connectivity index (χ0n) is 14.5. The highest BCUT2D eigenvalue weighted by Crippen LogP contribution is 2.29. The van der Waals surface area contributed by atoms with Gasteiger partial charge in [-0.2, -0.15) is 13.2 Å². The van der Waals surface area contributed by atoms with Gasteiger partial charge in [-0.3, -0.25) is 0 Å². The third-order valence-corrected chi connectivity index (χ3v) is 4.85. The largest absolute Gasteiger partial charge is 0.389 e. The van der Waals surface area contributed by atoms with Crippen LogP contribution in [-0.2, 0) is 6.42 Å². The Bertz CT molecular complexity index is 692. The van der Waals surface area contributed by atoms with Crippen LogP contribution in [0.3, 0.4) is 0 Å². The summed E-state index contributed by atoms with van der Waals surface area (Å²) in [6, 6.07) is 11.5. The van der Waals surface area contributed by atoms with Gasteiger partial charge in [0.15, 0.2) is 0 Å². The van der Waals surface area contributed by atoms with Gasteiger partial charge in [-0.05, 0) is 25.8 Å². The molecule has 0 bridgehead atoms. The van der Waals surface area contributed by atoms with Crippen molar-refractivity contribution >= 4 is 0 Å². The number of aromatic nitrogens is 1. The number of halogens is 3. The molecule has 0 unspecified atom stereocenters. The summed E-state index contributed by atoms with van der Waals surface area (Å²) >= 11 is 0. The highest BCUT2D eigenvalue weighted by Gasteiger charge is 2.34. The van der Waals surface area contributed by atoms with Crippen molar-refractivity contribution in [3.8, 4) is 11.3 Å². The van der Waals surface area contributed by atoms with Crippen LogP contribution in [0.2, 0.25) is 0 Å². The molecule has 0 saturated carbocycles. The molecular formula is C19H23F3N2O2. The van der Waals surface area contributed by atoms with Gasteiger partial charge in [-0.1, -0.05) is 35.5 Å². The Labute approximate surface area is 150 Å². The minimum Gasteiger partial charge on any atom is -0.389 e. The minimum absolute atomic E-state index is 0.102. The molecule has 1 aromatic carbocycles. The number of hydrogen-bond donors (Lipinski definition) is 1. The van der Waals surface area contributed by atoms with Gasteiger partial charge >= 0.3 is 6.18 Å². The van der Waals surface area contributed by atoms with Crippen LogP contribution in [0.15, 0.2) is 40.9 Å². The average Bonchev–Trinajstić information content (AvgIpc) is 3.05. The zero-order chi connectivity index (χ0) is 18.6. The number of aliphatic hydroxyl groups is 1. The van der Waals surface area contributed by atoms with Crippen molar-refractivity contribution in [3.05, 3.63) is 42.2 Å². The minimum atomic E-state index is -4.10. The van der Waals surface area contributed by atoms with Crippen LogP contribution in [0.5, 0.6) is 0 Å². The molecule has 3 rings (SSSR count). The second-order valence-corrected chi connectivity index (χ2v) is 7.01. The molecule has 0 spiro atoms. The van der Waals surface area contributed by atoms with Crippen molar-refractivity contribution in [1.29, 1.82) is 0 Å². The van der Waals surface area contributed by atoms with Crippen molar-refractivity contribution in [2.45, 2.75) is 43.9 Å². The van der Waals surface area contributed by atoms with Crippen LogP contribution in [-0.4, -0.2) is 46.6 Å². The van der Waals surface area contributed by atoms with Crippen molar-refractivity contribution in [1.82, 2.24) is 10.1 Å². The molecule has 142 valence electrons. The first-order valence-electron chi connectivity index (χ1n) is 8.86. The monoisotopic (exact) mass is 368 g/mol. The molecule has 4 nitrogen and oxygen atoms in total. The normalized spacial score (nSPS) is 18.2. The molecule has 1 aliphatic rings. The summed E-state index contributed by atoms with van der Waals surface area (Å²) in [5, 5.41) is 14.8. The second kappa shape index (κ2) is 7.80. The van der Waals surface area contributed by atoms with Crippen LogP contribution in [0.4, 0.5) is 13.2 Å². The van der Waals surface area contributed by atoms with Gasteiger partial charge in [0.25, 0.3) is 0 Å². The fourth-order valence-electron chi connectivity index (χ4n) is 3.34. The van der Waals surface area contributed by atoms with Gasteiger partial charge in [0.1, 0.15) is 11.5 Å². The SMILES string of the molecule is OC1(Cc2cc(-c3ccccc3)no2)CCN(CCCC(F)(F)F)CC1. The summed E-state index contributed by atoms with van der Waals surface area (Å²) in [6.07, 6.45) is -3.36. The van der Waals surface area contributed by atoms with Crippen molar-refractivity contribution < 1.29 is 22.8 Å². The number of hydrogen-bond acceptors (Lipinski definition) is 4. The highest BCUT2D eigenvalue weighted by atomic mass is 19.4. The van der Waals surface area contributed by atoms with E-state index < -0.39 is 18.2 Å². The van der Waals surface area contributed by atoms with Gasteiger partial charge in [-0.25, -0.2) is 0 Å². The van der Waals surface area contributed by atoms with Crippen molar-refractivity contribution in [3.63, 3.8) is 0 Å². The first kappa shape index (κ1) is 18.9. The van der Waals surface area contributed by atoms with Crippen LogP contribution < -0.4 is 0 Å². The molecule has 2 aromatic rings. The molecule has 26 heavy (non-hydrogen) atoms. The standard InChI is InChI=1S/C19H23F3N2O2/c20-19(21,22)7-4-10-24-11-8-18(25,9-12-24)14-16-13-17(23-26-16)15-5-2-1-3-6-15/h1-3,5-6,13,25H,4,7-12,14H2. The Hall–Kier alpha value is -1.86. The first-order chi connectivity index (χ1) is 12.3. The van der Waals surface area contributed by atoms with Crippen LogP contribution in [0, 0.1) is 0 Å². The van der Waals surface area contributed by atoms with E-state index in [-0.39, 0.29) is 6.42 Å². The van der Waals surface area contributed by atoms with Gasteiger partial charge in [-0.15, -0.1) is 0 Å². The number of benzene rings is 1. The smallest absolute Gasteiger partial charge is 0.389 e. The molecule has 0 radical (unpaired) electrons. The fourth-order valence-corrected chi connectivity index (χ4v) is 3.34. The number of piperidine rings is 1. The third-order valence-electron chi connectivity index (χ3n) is 4.85. The van der Waals surface area contributed by atoms with E-state index in [2.05, 4.69) is 5.16 Å². The quantitative estimate of drug-likeness (QED) is 0.836. The number of nitrogens with zero attached hydrogens (tertiary/aromatic N) is 2. The van der Waals surface area contributed by atoms with E-state index >= 15 is 0 Å². The van der Waals surface area contributed by atoms with E-state index in [0.717, 1.165) is 11.3 Å². The third kappa shape index (κ3) is 5.32. The molecule has 7 heteroatoms. The lowest BCUT2D eigenvalue weighted by Crippen LogP contribution is -2.45. The lowest BCUT2D eigenvalue weighted by molar-refractivity contribution is -0.136. The van der Waals surface area contributed by atoms with Crippen LogP contribution in [0.1, 0.15) is 31.4 Å². The average molecular weight is 368 g/mol. The maximum atomic E-state index is 12.2. The summed E-state index contributed by atoms with van der Waals surface area (Å²) in [7, 11) is 0. The Kier molecular flexibility index (Phi) is 5.67. The summed E-state index contributed by atoms with van der Waals surface area (Å²) in [5.74, 6) is 0.622. The van der Waals surface area contributed by atoms with E-state index in [1.165, 1.54) is 0 Å². The topological polar surface area (TPSA) is 49.5 Å². The molecule has 1 N–H and O–H groups in total. The van der Waals surface area contributed by atoms with E-state index in [4.69, 9.17) is 4.52 Å². The molecule has 1 aliphatic heterocycles. The summed E-state index contributed by atoms with van der Waals surface area (Å²) in [5.41, 5.74) is 0.788. The number of rotatable bonds is 6. The first-order valence-corrected chi connectivity index (χ1v) is 8.86. The molecule has 0 amide bonds. The zero-order valence-corrected chi connectivity index (χ0v) is 14.5. The molecule has 1 aromatic heterocycles. The van der Waals surface area contributed by atoms with Gasteiger partial charge in [0, 0.05) is 37.6 Å². The van der Waals surface area contributed by atoms with Crippen molar-refractivity contribution in [2.24, 2.45) is 0 Å². The molecule has 1 saturated heterocycles. The van der Waals surface area contributed by atoms with E-state index in [1.807, 2.05) is 41.3 Å². The van der Waals surface area contributed by atoms with Gasteiger partial charge < -0.3 is 14.5 Å². The summed E-state index contributed by atoms with van der Waals surface area (Å²) < 4.78 is 42.0. The predicted octanol–water partition coefficient (Wildman–Crippen LogP) is 4.05. The molecule has 0 atom stereocenters. The maximum Gasteiger partial charge on any atom is 0.389 e. The van der Waals surface area contributed by atoms with Crippen molar-refractivity contribution in [2.75, 3.05) is 19.6 Å². The molecule has 2 heterocycles. The lowest BCUT2D eigenvalue weighted by atomic mass is 9.87. The Morgan fingerprint density at radius 1 is 1.15 bits per heavy atom. The molecule has 1 fully saturated rings. The van der Waals surface area contributed by atoms with E-state index in [0.29, 0.717) is 44.7 Å².